The molecular formula is C5H3Cl2N3O2. The van der Waals surface area contributed by atoms with Gasteiger partial charge >= 0.3 is 0 Å². The number of hydrogen-bond donors (Lipinski definition) is 0. The molecule has 1 heterocycles. The van der Waals surface area contributed by atoms with E-state index in [9.17, 15) is 10.1 Å². The first kappa shape index (κ1) is 9.15. The zero-order valence-corrected chi connectivity index (χ0v) is 7.21. The summed E-state index contributed by atoms with van der Waals surface area (Å²) in [5.41, 5.74) is 0.265. The van der Waals surface area contributed by atoms with Gasteiger partial charge in [0.05, 0.1) is 5.56 Å². The fourth-order valence-corrected chi connectivity index (χ4v) is 0.960. The first-order valence-corrected chi connectivity index (χ1v) is 3.64. The van der Waals surface area contributed by atoms with E-state index < -0.39 is 11.5 Å². The third kappa shape index (κ3) is 2.28. The molecule has 0 saturated carbocycles. The molecule has 0 amide bonds. The molecule has 1 rings (SSSR count). The normalized spacial score (nSPS) is 9.83. The SMILES string of the molecule is O=[N+]([O-])Cc1cc(Cl)nnc1Cl. The van der Waals surface area contributed by atoms with Gasteiger partial charge < -0.3 is 0 Å². The van der Waals surface area contributed by atoms with Crippen molar-refractivity contribution in [2.75, 3.05) is 0 Å². The molecule has 0 aromatic carbocycles. The highest BCUT2D eigenvalue weighted by atomic mass is 35.5. The maximum absolute atomic E-state index is 10.1. The third-order valence-corrected chi connectivity index (χ3v) is 1.59. The van der Waals surface area contributed by atoms with Crippen molar-refractivity contribution in [2.45, 2.75) is 6.54 Å². The molecule has 1 aromatic rings. The largest absolute Gasteiger partial charge is 0.264 e. The van der Waals surface area contributed by atoms with Crippen molar-refractivity contribution >= 4 is 23.2 Å². The van der Waals surface area contributed by atoms with E-state index in [1.807, 2.05) is 0 Å². The predicted molar refractivity (Wildman–Crippen MR) is 42.8 cm³/mol. The molecule has 0 aliphatic carbocycles. The Kier molecular flexibility index (Phi) is 2.78. The van der Waals surface area contributed by atoms with Crippen LogP contribution in [0.25, 0.3) is 0 Å². The summed E-state index contributed by atoms with van der Waals surface area (Å²) in [6.45, 7) is -0.395. The highest BCUT2D eigenvalue weighted by Crippen LogP contribution is 2.15. The lowest BCUT2D eigenvalue weighted by atomic mass is 10.3. The predicted octanol–water partition coefficient (Wildman–Crippen LogP) is 1.56. The number of halogens is 2. The number of nitrogens with zero attached hydrogens (tertiary/aromatic N) is 3. The van der Waals surface area contributed by atoms with Crippen LogP contribution in [0, 0.1) is 10.1 Å². The molecule has 0 spiro atoms. The molecule has 0 radical (unpaired) electrons. The molecule has 1 aromatic heterocycles. The summed E-state index contributed by atoms with van der Waals surface area (Å²) in [6.07, 6.45) is 0. The van der Waals surface area contributed by atoms with Gasteiger partial charge in [-0.3, -0.25) is 10.1 Å². The second-order valence-corrected chi connectivity index (χ2v) is 2.72. The lowest BCUT2D eigenvalue weighted by molar-refractivity contribution is -0.496. The number of nitro groups is 1. The van der Waals surface area contributed by atoms with E-state index in [1.54, 1.807) is 0 Å². The molecule has 0 saturated heterocycles. The van der Waals surface area contributed by atoms with Gasteiger partial charge in [0, 0.05) is 4.92 Å². The van der Waals surface area contributed by atoms with Crippen molar-refractivity contribution in [2.24, 2.45) is 0 Å². The minimum atomic E-state index is -0.515. The molecule has 0 fully saturated rings. The molecule has 64 valence electrons. The first-order chi connectivity index (χ1) is 5.59. The summed E-state index contributed by atoms with van der Waals surface area (Å²) in [7, 11) is 0. The second-order valence-electron chi connectivity index (χ2n) is 1.97. The summed E-state index contributed by atoms with van der Waals surface area (Å²) in [4.78, 5) is 9.57. The van der Waals surface area contributed by atoms with Gasteiger partial charge in [-0.1, -0.05) is 23.2 Å². The standard InChI is InChI=1S/C5H3Cl2N3O2/c6-4-1-3(2-10(11)12)5(7)9-8-4/h1H,2H2. The Labute approximate surface area is 77.5 Å². The van der Waals surface area contributed by atoms with Gasteiger partial charge in [-0.15, -0.1) is 10.2 Å². The summed E-state index contributed by atoms with van der Waals surface area (Å²) in [5, 5.41) is 17.0. The van der Waals surface area contributed by atoms with Gasteiger partial charge in [0.1, 0.15) is 0 Å². The van der Waals surface area contributed by atoms with E-state index in [0.717, 1.165) is 0 Å². The van der Waals surface area contributed by atoms with E-state index in [2.05, 4.69) is 10.2 Å². The lowest BCUT2D eigenvalue weighted by Gasteiger charge is -1.96. The van der Waals surface area contributed by atoms with Crippen LogP contribution in [0.2, 0.25) is 10.3 Å². The van der Waals surface area contributed by atoms with Crippen LogP contribution in [0.15, 0.2) is 6.07 Å². The van der Waals surface area contributed by atoms with Crippen LogP contribution >= 0.6 is 23.2 Å². The van der Waals surface area contributed by atoms with Crippen LogP contribution < -0.4 is 0 Å². The second kappa shape index (κ2) is 3.64. The molecule has 12 heavy (non-hydrogen) atoms. The van der Waals surface area contributed by atoms with Gasteiger partial charge in [0.15, 0.2) is 10.3 Å². The highest BCUT2D eigenvalue weighted by molar-refractivity contribution is 6.31. The number of hydrogen-bond acceptors (Lipinski definition) is 4. The summed E-state index contributed by atoms with van der Waals surface area (Å²) < 4.78 is 0. The van der Waals surface area contributed by atoms with Gasteiger partial charge in [0.25, 0.3) is 0 Å². The fourth-order valence-electron chi connectivity index (χ4n) is 0.638. The Morgan fingerprint density at radius 2 is 2.17 bits per heavy atom. The van der Waals surface area contributed by atoms with Crippen molar-refractivity contribution in [3.63, 3.8) is 0 Å². The van der Waals surface area contributed by atoms with Gasteiger partial charge in [0.2, 0.25) is 6.54 Å². The van der Waals surface area contributed by atoms with Gasteiger partial charge in [-0.2, -0.15) is 0 Å². The molecule has 0 aliphatic heterocycles. The van der Waals surface area contributed by atoms with Crippen molar-refractivity contribution < 1.29 is 4.92 Å². The molecule has 0 atom stereocenters. The minimum absolute atomic E-state index is 0.0103. The summed E-state index contributed by atoms with van der Waals surface area (Å²) in [6, 6.07) is 1.32. The van der Waals surface area contributed by atoms with Crippen LogP contribution in [0.3, 0.4) is 0 Å². The van der Waals surface area contributed by atoms with Gasteiger partial charge in [-0.25, -0.2) is 0 Å². The smallest absolute Gasteiger partial charge is 0.232 e. The van der Waals surface area contributed by atoms with E-state index in [0.29, 0.717) is 0 Å². The fraction of sp³-hybridized carbons (Fsp3) is 0.200. The molecular weight excluding hydrogens is 205 g/mol. The minimum Gasteiger partial charge on any atom is -0.264 e. The van der Waals surface area contributed by atoms with Crippen LogP contribution in [0.4, 0.5) is 0 Å². The third-order valence-electron chi connectivity index (χ3n) is 1.09. The van der Waals surface area contributed by atoms with Crippen LogP contribution in [0.1, 0.15) is 5.56 Å². The van der Waals surface area contributed by atoms with Crippen LogP contribution in [-0.4, -0.2) is 15.1 Å². The Morgan fingerprint density at radius 1 is 1.50 bits per heavy atom. The first-order valence-electron chi connectivity index (χ1n) is 2.89. The van der Waals surface area contributed by atoms with Crippen LogP contribution in [0.5, 0.6) is 0 Å². The lowest BCUT2D eigenvalue weighted by Crippen LogP contribution is -2.00. The summed E-state index contributed by atoms with van der Waals surface area (Å²) >= 11 is 10.9. The average Bonchev–Trinajstić information content (AvgIpc) is 1.96. The molecule has 5 nitrogen and oxygen atoms in total. The zero-order valence-electron chi connectivity index (χ0n) is 5.70. The van der Waals surface area contributed by atoms with E-state index >= 15 is 0 Å². The van der Waals surface area contributed by atoms with Crippen molar-refractivity contribution in [1.29, 1.82) is 0 Å². The Balaban J connectivity index is 2.97. The van der Waals surface area contributed by atoms with E-state index in [-0.39, 0.29) is 15.9 Å². The molecule has 0 aliphatic rings. The molecule has 0 unspecified atom stereocenters. The maximum Gasteiger partial charge on any atom is 0.232 e. The molecule has 0 bridgehead atoms. The van der Waals surface area contributed by atoms with Crippen molar-refractivity contribution in [3.05, 3.63) is 32.1 Å². The Hall–Kier alpha value is -0.940. The Bertz CT molecular complexity index is 318. The summed E-state index contributed by atoms with van der Waals surface area (Å²) in [5.74, 6) is 0. The van der Waals surface area contributed by atoms with Crippen LogP contribution in [-0.2, 0) is 6.54 Å². The Morgan fingerprint density at radius 3 is 2.75 bits per heavy atom. The van der Waals surface area contributed by atoms with E-state index in [1.165, 1.54) is 6.07 Å². The number of rotatable bonds is 2. The monoisotopic (exact) mass is 207 g/mol. The average molecular weight is 208 g/mol. The maximum atomic E-state index is 10.1. The van der Waals surface area contributed by atoms with E-state index in [4.69, 9.17) is 23.2 Å². The molecule has 7 heteroatoms. The topological polar surface area (TPSA) is 68.9 Å². The zero-order chi connectivity index (χ0) is 9.14. The highest BCUT2D eigenvalue weighted by Gasteiger charge is 2.09. The number of aromatic nitrogens is 2. The quantitative estimate of drug-likeness (QED) is 0.546. The molecule has 0 N–H and O–H groups in total. The van der Waals surface area contributed by atoms with Crippen molar-refractivity contribution in [3.8, 4) is 0 Å². The van der Waals surface area contributed by atoms with Gasteiger partial charge in [-0.05, 0) is 6.07 Å². The van der Waals surface area contributed by atoms with Crippen molar-refractivity contribution in [1.82, 2.24) is 10.2 Å².